The lowest BCUT2D eigenvalue weighted by molar-refractivity contribution is -0.155. The molecule has 2 aromatic rings. The van der Waals surface area contributed by atoms with E-state index in [-0.39, 0.29) is 55.4 Å². The molecule has 6 atom stereocenters. The van der Waals surface area contributed by atoms with Crippen LogP contribution in [0, 0.1) is 23.2 Å². The van der Waals surface area contributed by atoms with Crippen LogP contribution in [0.1, 0.15) is 96.0 Å². The minimum Gasteiger partial charge on any atom is -0.472 e. The molecule has 278 valence electrons. The Morgan fingerprint density at radius 3 is 2.60 bits per heavy atom. The van der Waals surface area contributed by atoms with Gasteiger partial charge in [0.1, 0.15) is 6.10 Å². The first kappa shape index (κ1) is 36.3. The van der Waals surface area contributed by atoms with Crippen LogP contribution in [0.2, 0.25) is 0 Å². The van der Waals surface area contributed by atoms with Crippen LogP contribution in [-0.2, 0) is 33.9 Å². The zero-order valence-corrected chi connectivity index (χ0v) is 30.7. The number of carbonyl (C=O) groups excluding carboxylic acids is 4. The van der Waals surface area contributed by atoms with E-state index in [0.717, 1.165) is 48.4 Å². The highest BCUT2D eigenvalue weighted by Gasteiger charge is 2.61. The van der Waals surface area contributed by atoms with Crippen molar-refractivity contribution >= 4 is 50.4 Å². The summed E-state index contributed by atoms with van der Waals surface area (Å²) in [4.78, 5) is 62.4. The van der Waals surface area contributed by atoms with Crippen molar-refractivity contribution in [2.45, 2.75) is 114 Å². The third kappa shape index (κ3) is 7.68. The third-order valence-corrected chi connectivity index (χ3v) is 13.6. The number of hydrogen-bond donors (Lipinski definition) is 1. The number of ether oxygens (including phenoxy) is 2. The average molecular weight is 732 g/mol. The Morgan fingerprint density at radius 1 is 1.08 bits per heavy atom. The molecule has 7 rings (SSSR count). The maximum atomic E-state index is 14.8. The first-order chi connectivity index (χ1) is 25.0. The van der Waals surface area contributed by atoms with Gasteiger partial charge in [-0.25, -0.2) is 13.4 Å². The van der Waals surface area contributed by atoms with Gasteiger partial charge in [-0.05, 0) is 86.8 Å². The molecule has 1 aromatic carbocycles. The molecule has 0 unspecified atom stereocenters. The highest BCUT2D eigenvalue weighted by atomic mass is 32.2. The van der Waals surface area contributed by atoms with Gasteiger partial charge in [-0.2, -0.15) is 0 Å². The topological polar surface area (TPSA) is 149 Å². The fourth-order valence-electron chi connectivity index (χ4n) is 8.52. The van der Waals surface area contributed by atoms with Gasteiger partial charge in [0.2, 0.25) is 27.7 Å². The lowest BCUT2D eigenvalue weighted by Gasteiger charge is -2.34. The van der Waals surface area contributed by atoms with E-state index in [4.69, 9.17) is 9.47 Å². The number of esters is 1. The predicted molar refractivity (Wildman–Crippen MR) is 195 cm³/mol. The quantitative estimate of drug-likeness (QED) is 0.268. The number of Topliss-reactive ketones (excluding diaryl/α,β-unsaturated/α-hetero) is 1. The second kappa shape index (κ2) is 14.8. The van der Waals surface area contributed by atoms with Crippen molar-refractivity contribution in [1.82, 2.24) is 14.6 Å². The van der Waals surface area contributed by atoms with Gasteiger partial charge in [-0.1, -0.05) is 49.6 Å². The first-order valence-corrected chi connectivity index (χ1v) is 20.5. The van der Waals surface area contributed by atoms with Crippen LogP contribution in [0.4, 0.5) is 0 Å². The number of ketones is 1. The van der Waals surface area contributed by atoms with Crippen molar-refractivity contribution in [3.63, 3.8) is 0 Å². The van der Waals surface area contributed by atoms with Crippen molar-refractivity contribution in [3.05, 3.63) is 54.8 Å². The summed E-state index contributed by atoms with van der Waals surface area (Å²) in [6, 6.07) is 6.97. The Morgan fingerprint density at radius 2 is 1.87 bits per heavy atom. The largest absolute Gasteiger partial charge is 0.472 e. The SMILES string of the molecule is C=C[C@@H]1C[C@]1(CC(=O)[C@@H]1C[C@@H]2CN1C(=O)[C@H](C1CCCCC1)CC(=O)O[C@@H](C)CC/C=C/c1ccc3ccnc(c3c1)O2)C(=O)NS(=O)(=O)C1CC1. The molecular weight excluding hydrogens is 683 g/mol. The first-order valence-electron chi connectivity index (χ1n) is 18.9. The molecule has 1 saturated heterocycles. The number of nitrogens with zero attached hydrogens (tertiary/aromatic N) is 2. The number of rotatable bonds is 8. The fraction of sp³-hybridized carbons (Fsp3) is 0.575. The van der Waals surface area contributed by atoms with E-state index >= 15 is 0 Å². The van der Waals surface area contributed by atoms with E-state index < -0.39 is 50.6 Å². The molecular formula is C40H49N3O8S. The summed E-state index contributed by atoms with van der Waals surface area (Å²) in [5.41, 5.74) is -0.305. The molecule has 0 radical (unpaired) electrons. The Kier molecular flexibility index (Phi) is 10.3. The molecule has 52 heavy (non-hydrogen) atoms. The van der Waals surface area contributed by atoms with Gasteiger partial charge < -0.3 is 14.4 Å². The Labute approximate surface area is 305 Å². The smallest absolute Gasteiger partial charge is 0.306 e. The van der Waals surface area contributed by atoms with Crippen LogP contribution in [0.3, 0.4) is 0 Å². The van der Waals surface area contributed by atoms with E-state index in [2.05, 4.69) is 22.4 Å². The summed E-state index contributed by atoms with van der Waals surface area (Å²) >= 11 is 0. The van der Waals surface area contributed by atoms with Crippen molar-refractivity contribution < 1.29 is 37.1 Å². The van der Waals surface area contributed by atoms with Crippen LogP contribution < -0.4 is 9.46 Å². The summed E-state index contributed by atoms with van der Waals surface area (Å²) in [6.45, 7) is 5.80. The van der Waals surface area contributed by atoms with Crippen molar-refractivity contribution in [1.29, 1.82) is 0 Å². The number of sulfonamides is 1. The van der Waals surface area contributed by atoms with E-state index in [0.29, 0.717) is 38.0 Å². The highest BCUT2D eigenvalue weighted by molar-refractivity contribution is 7.90. The average Bonchev–Trinajstić information content (AvgIpc) is 4.06. The van der Waals surface area contributed by atoms with Crippen LogP contribution in [0.15, 0.2) is 49.2 Å². The molecule has 5 aliphatic rings. The van der Waals surface area contributed by atoms with Gasteiger partial charge in [0, 0.05) is 24.4 Å². The number of pyridine rings is 1. The summed E-state index contributed by atoms with van der Waals surface area (Å²) in [7, 11) is -3.83. The number of fused-ring (bicyclic) bond motifs is 3. The van der Waals surface area contributed by atoms with Crippen molar-refractivity contribution in [3.8, 4) is 5.88 Å². The summed E-state index contributed by atoms with van der Waals surface area (Å²) in [5, 5.41) is 1.15. The lowest BCUT2D eigenvalue weighted by Crippen LogP contribution is -2.48. The van der Waals surface area contributed by atoms with Gasteiger partial charge in [-0.3, -0.25) is 23.9 Å². The van der Waals surface area contributed by atoms with Gasteiger partial charge in [0.25, 0.3) is 0 Å². The normalized spacial score (nSPS) is 30.9. The van der Waals surface area contributed by atoms with Crippen molar-refractivity contribution in [2.75, 3.05) is 6.54 Å². The second-order valence-electron chi connectivity index (χ2n) is 15.6. The number of allylic oxidation sites excluding steroid dienone is 2. The molecule has 4 fully saturated rings. The van der Waals surface area contributed by atoms with E-state index in [9.17, 15) is 27.6 Å². The molecule has 1 aromatic heterocycles. The fourth-order valence-corrected chi connectivity index (χ4v) is 9.91. The molecule has 1 N–H and O–H groups in total. The number of aromatic nitrogens is 1. The molecule has 4 bridgehead atoms. The highest BCUT2D eigenvalue weighted by Crippen LogP contribution is 2.57. The third-order valence-electron chi connectivity index (χ3n) is 11.8. The number of amides is 2. The lowest BCUT2D eigenvalue weighted by atomic mass is 9.77. The summed E-state index contributed by atoms with van der Waals surface area (Å²) in [5.74, 6) is -2.44. The number of hydrogen-bond acceptors (Lipinski definition) is 9. The number of cyclic esters (lactones) is 1. The van der Waals surface area contributed by atoms with E-state index in [1.165, 1.54) is 0 Å². The van der Waals surface area contributed by atoms with Gasteiger partial charge in [-0.15, -0.1) is 6.58 Å². The Bertz CT molecular complexity index is 1880. The molecule has 2 amide bonds. The standard InChI is InChI=1S/C40H49N3O8S/c1-3-29-22-40(29,39(47)42-52(48,49)31-15-16-31)23-35(44)34-20-30-24-43(34)38(46)33(27-11-5-4-6-12-27)21-36(45)50-25(2)9-7-8-10-26-13-14-28-17-18-41-37(51-30)32(28)19-26/h3,8,10,13-14,17-19,25,27,29-31,33-34H,1,4-7,9,11-12,15-16,20-24H2,2H3,(H,42,47)/b10-8+/t25-,29+,30+,33-,34-,40+/m0/s1. The minimum absolute atomic E-state index is 0.0372. The molecule has 12 heteroatoms. The van der Waals surface area contributed by atoms with Crippen LogP contribution in [0.5, 0.6) is 5.88 Å². The predicted octanol–water partition coefficient (Wildman–Crippen LogP) is 5.67. The van der Waals surface area contributed by atoms with E-state index in [1.807, 2.05) is 37.3 Å². The van der Waals surface area contributed by atoms with Gasteiger partial charge in [0.05, 0.1) is 41.7 Å². The minimum atomic E-state index is -3.83. The van der Waals surface area contributed by atoms with Gasteiger partial charge in [0.15, 0.2) is 5.78 Å². The molecule has 3 heterocycles. The Hall–Kier alpha value is -4.06. The number of carbonyl (C=O) groups is 4. The van der Waals surface area contributed by atoms with Crippen molar-refractivity contribution in [2.24, 2.45) is 23.2 Å². The Balaban J connectivity index is 1.22. The zero-order valence-electron chi connectivity index (χ0n) is 29.8. The molecule has 3 aliphatic carbocycles. The molecule has 11 nitrogen and oxygen atoms in total. The number of benzene rings is 1. The van der Waals surface area contributed by atoms with E-state index in [1.54, 1.807) is 17.2 Å². The maximum Gasteiger partial charge on any atom is 0.306 e. The zero-order chi connectivity index (χ0) is 36.6. The molecule has 3 saturated carbocycles. The second-order valence-corrected chi connectivity index (χ2v) is 17.5. The summed E-state index contributed by atoms with van der Waals surface area (Å²) in [6.07, 6.45) is 13.5. The van der Waals surface area contributed by atoms with Gasteiger partial charge >= 0.3 is 5.97 Å². The molecule has 2 aliphatic heterocycles. The summed E-state index contributed by atoms with van der Waals surface area (Å²) < 4.78 is 40.1. The van der Waals surface area contributed by atoms with Crippen LogP contribution in [-0.4, -0.2) is 71.9 Å². The monoisotopic (exact) mass is 731 g/mol. The van der Waals surface area contributed by atoms with Crippen LogP contribution >= 0.6 is 0 Å². The van der Waals surface area contributed by atoms with Crippen LogP contribution in [0.25, 0.3) is 16.8 Å². The number of nitrogens with one attached hydrogen (secondary N) is 1. The maximum absolute atomic E-state index is 14.8. The molecule has 0 spiro atoms.